The first kappa shape index (κ1) is 15.2. The number of carbonyl (C=O) groups excluding carboxylic acids is 1. The summed E-state index contributed by atoms with van der Waals surface area (Å²) in [6, 6.07) is 15.3. The van der Waals surface area contributed by atoms with Crippen LogP contribution in [-0.4, -0.2) is 20.2 Å². The molecule has 0 radical (unpaired) electrons. The monoisotopic (exact) mass is 310 g/mol. The first-order chi connectivity index (χ1) is 11.2. The fourth-order valence-corrected chi connectivity index (χ4v) is 2.64. The molecule has 3 rings (SSSR count). The van der Waals surface area contributed by atoms with Crippen molar-refractivity contribution < 1.29 is 19.0 Å². The summed E-state index contributed by atoms with van der Waals surface area (Å²) < 4.78 is 16.0. The first-order valence-corrected chi connectivity index (χ1v) is 7.40. The van der Waals surface area contributed by atoms with Crippen LogP contribution in [0, 0.1) is 0 Å². The summed E-state index contributed by atoms with van der Waals surface area (Å²) >= 11 is 0. The predicted molar refractivity (Wildman–Crippen MR) is 87.4 cm³/mol. The van der Waals surface area contributed by atoms with Crippen molar-refractivity contribution in [3.8, 4) is 11.5 Å². The molecule has 1 saturated heterocycles. The summed E-state index contributed by atoms with van der Waals surface area (Å²) in [7, 11) is 3.18. The highest BCUT2D eigenvalue weighted by Crippen LogP contribution is 2.35. The van der Waals surface area contributed by atoms with Gasteiger partial charge in [0.2, 0.25) is 0 Å². The molecule has 0 aromatic heterocycles. The van der Waals surface area contributed by atoms with Gasteiger partial charge in [-0.3, -0.25) is 0 Å². The Hall–Kier alpha value is -2.75. The Balaban J connectivity index is 1.84. The number of benzene rings is 2. The van der Waals surface area contributed by atoms with Crippen molar-refractivity contribution in [1.29, 1.82) is 0 Å². The van der Waals surface area contributed by atoms with Crippen LogP contribution in [0.5, 0.6) is 11.5 Å². The predicted octanol–water partition coefficient (Wildman–Crippen LogP) is 3.78. The van der Waals surface area contributed by atoms with Gasteiger partial charge >= 0.3 is 5.97 Å². The standard InChI is InChI=1S/C19H18O4/c1-21-16-9-8-13(11-18(16)22-2)10-15-12-17(23-19(15)20)14-6-4-3-5-7-14/h3-11,17H,12H2,1-2H3/b15-10+/t17-/m1/s1. The second-order valence-corrected chi connectivity index (χ2v) is 5.29. The van der Waals surface area contributed by atoms with Crippen LogP contribution in [0.25, 0.3) is 6.08 Å². The van der Waals surface area contributed by atoms with Gasteiger partial charge in [-0.25, -0.2) is 4.79 Å². The van der Waals surface area contributed by atoms with Gasteiger partial charge in [0.05, 0.1) is 14.2 Å². The minimum absolute atomic E-state index is 0.213. The average molecular weight is 310 g/mol. The third-order valence-electron chi connectivity index (χ3n) is 3.84. The molecule has 0 spiro atoms. The molecule has 1 fully saturated rings. The zero-order valence-electron chi connectivity index (χ0n) is 13.1. The van der Waals surface area contributed by atoms with E-state index in [0.717, 1.165) is 11.1 Å². The largest absolute Gasteiger partial charge is 0.493 e. The lowest BCUT2D eigenvalue weighted by molar-refractivity contribution is -0.139. The summed E-state index contributed by atoms with van der Waals surface area (Å²) in [5.41, 5.74) is 2.55. The average Bonchev–Trinajstić information content (AvgIpc) is 2.96. The molecule has 2 aromatic carbocycles. The Bertz CT molecular complexity index is 734. The number of methoxy groups -OCH3 is 2. The number of rotatable bonds is 4. The summed E-state index contributed by atoms with van der Waals surface area (Å²) in [5.74, 6) is 1.02. The Morgan fingerprint density at radius 3 is 2.48 bits per heavy atom. The van der Waals surface area contributed by atoms with Crippen LogP contribution in [0.3, 0.4) is 0 Å². The van der Waals surface area contributed by atoms with E-state index in [1.165, 1.54) is 0 Å². The van der Waals surface area contributed by atoms with Gasteiger partial charge < -0.3 is 14.2 Å². The van der Waals surface area contributed by atoms with Gasteiger partial charge in [-0.2, -0.15) is 0 Å². The molecule has 1 aliphatic heterocycles. The molecule has 4 heteroatoms. The first-order valence-electron chi connectivity index (χ1n) is 7.40. The molecule has 0 saturated carbocycles. The van der Waals surface area contributed by atoms with Gasteiger partial charge in [0.1, 0.15) is 6.10 Å². The quantitative estimate of drug-likeness (QED) is 0.637. The van der Waals surface area contributed by atoms with Gasteiger partial charge in [0.15, 0.2) is 11.5 Å². The third-order valence-corrected chi connectivity index (χ3v) is 3.84. The van der Waals surface area contributed by atoms with Crippen molar-refractivity contribution in [1.82, 2.24) is 0 Å². The molecular weight excluding hydrogens is 292 g/mol. The van der Waals surface area contributed by atoms with Gasteiger partial charge in [-0.05, 0) is 29.3 Å². The molecule has 118 valence electrons. The van der Waals surface area contributed by atoms with Crippen molar-refractivity contribution in [2.24, 2.45) is 0 Å². The topological polar surface area (TPSA) is 44.8 Å². The molecule has 23 heavy (non-hydrogen) atoms. The fraction of sp³-hybridized carbons (Fsp3) is 0.211. The van der Waals surface area contributed by atoms with Crippen molar-refractivity contribution in [2.45, 2.75) is 12.5 Å². The Morgan fingerprint density at radius 1 is 1.04 bits per heavy atom. The fourth-order valence-electron chi connectivity index (χ4n) is 2.64. The SMILES string of the molecule is COc1ccc(/C=C2\C[C@H](c3ccccc3)OC2=O)cc1OC. The molecule has 4 nitrogen and oxygen atoms in total. The van der Waals surface area contributed by atoms with Crippen molar-refractivity contribution in [2.75, 3.05) is 14.2 Å². The normalized spacial score (nSPS) is 18.8. The molecule has 1 atom stereocenters. The third kappa shape index (κ3) is 3.21. The van der Waals surface area contributed by atoms with Gasteiger partial charge in [0, 0.05) is 12.0 Å². The second kappa shape index (κ2) is 6.57. The lowest BCUT2D eigenvalue weighted by Crippen LogP contribution is -1.98. The van der Waals surface area contributed by atoms with Crippen LogP contribution in [0.2, 0.25) is 0 Å². The van der Waals surface area contributed by atoms with Crippen molar-refractivity contribution >= 4 is 12.0 Å². The minimum atomic E-state index is -0.270. The van der Waals surface area contributed by atoms with E-state index in [-0.39, 0.29) is 12.1 Å². The number of cyclic esters (lactones) is 1. The maximum absolute atomic E-state index is 12.1. The van der Waals surface area contributed by atoms with Gasteiger partial charge in [-0.1, -0.05) is 36.4 Å². The smallest absolute Gasteiger partial charge is 0.334 e. The van der Waals surface area contributed by atoms with E-state index in [4.69, 9.17) is 14.2 Å². The van der Waals surface area contributed by atoms with Crippen LogP contribution >= 0.6 is 0 Å². The van der Waals surface area contributed by atoms with E-state index in [1.807, 2.05) is 54.6 Å². The molecule has 0 N–H and O–H groups in total. The van der Waals surface area contributed by atoms with Crippen LogP contribution in [-0.2, 0) is 9.53 Å². The highest BCUT2D eigenvalue weighted by atomic mass is 16.5. The Kier molecular flexibility index (Phi) is 4.33. The summed E-state index contributed by atoms with van der Waals surface area (Å²) in [4.78, 5) is 12.1. The van der Waals surface area contributed by atoms with E-state index in [0.29, 0.717) is 23.5 Å². The lowest BCUT2D eigenvalue weighted by Gasteiger charge is -2.08. The number of carbonyl (C=O) groups is 1. The number of esters is 1. The van der Waals surface area contributed by atoms with E-state index < -0.39 is 0 Å². The van der Waals surface area contributed by atoms with Crippen LogP contribution in [0.4, 0.5) is 0 Å². The maximum atomic E-state index is 12.1. The summed E-state index contributed by atoms with van der Waals surface area (Å²) in [6.45, 7) is 0. The number of hydrogen-bond acceptors (Lipinski definition) is 4. The Morgan fingerprint density at radius 2 is 1.78 bits per heavy atom. The molecular formula is C19H18O4. The zero-order valence-corrected chi connectivity index (χ0v) is 13.1. The van der Waals surface area contributed by atoms with E-state index >= 15 is 0 Å². The Labute approximate surface area is 135 Å². The van der Waals surface area contributed by atoms with Crippen LogP contribution < -0.4 is 9.47 Å². The van der Waals surface area contributed by atoms with Gasteiger partial charge in [-0.15, -0.1) is 0 Å². The van der Waals surface area contributed by atoms with Gasteiger partial charge in [0.25, 0.3) is 0 Å². The number of ether oxygens (including phenoxy) is 3. The van der Waals surface area contributed by atoms with E-state index in [9.17, 15) is 4.79 Å². The molecule has 0 bridgehead atoms. The molecule has 1 heterocycles. The number of hydrogen-bond donors (Lipinski definition) is 0. The minimum Gasteiger partial charge on any atom is -0.493 e. The van der Waals surface area contributed by atoms with Crippen molar-refractivity contribution in [3.63, 3.8) is 0 Å². The van der Waals surface area contributed by atoms with E-state index in [2.05, 4.69) is 0 Å². The molecule has 0 unspecified atom stereocenters. The highest BCUT2D eigenvalue weighted by molar-refractivity contribution is 5.95. The molecule has 0 aliphatic carbocycles. The van der Waals surface area contributed by atoms with Crippen LogP contribution in [0.15, 0.2) is 54.1 Å². The van der Waals surface area contributed by atoms with Crippen LogP contribution in [0.1, 0.15) is 23.7 Å². The maximum Gasteiger partial charge on any atom is 0.334 e. The molecule has 2 aromatic rings. The van der Waals surface area contributed by atoms with Crippen molar-refractivity contribution in [3.05, 3.63) is 65.2 Å². The summed E-state index contributed by atoms with van der Waals surface area (Å²) in [6.07, 6.45) is 2.19. The van der Waals surface area contributed by atoms with E-state index in [1.54, 1.807) is 14.2 Å². The molecule has 0 amide bonds. The molecule has 1 aliphatic rings. The highest BCUT2D eigenvalue weighted by Gasteiger charge is 2.29. The second-order valence-electron chi connectivity index (χ2n) is 5.29. The lowest BCUT2D eigenvalue weighted by atomic mass is 10.0. The summed E-state index contributed by atoms with van der Waals surface area (Å²) in [5, 5.41) is 0. The zero-order chi connectivity index (χ0) is 16.2.